The number of carbonyl (C=O) groups is 1. The number of hydrogen-bond donors (Lipinski definition) is 0. The van der Waals surface area contributed by atoms with Crippen molar-refractivity contribution in [2.75, 3.05) is 30.9 Å². The van der Waals surface area contributed by atoms with Crippen LogP contribution in [0.1, 0.15) is 22.8 Å². The Morgan fingerprint density at radius 3 is 2.74 bits per heavy atom. The fourth-order valence-corrected chi connectivity index (χ4v) is 7.52. The molecule has 1 atom stereocenters. The second kappa shape index (κ2) is 7.56. The molecule has 2 aromatic carbocycles. The second-order valence-electron chi connectivity index (χ2n) is 6.89. The highest BCUT2D eigenvalue weighted by atomic mass is 32.2. The van der Waals surface area contributed by atoms with Gasteiger partial charge in [0, 0.05) is 34.3 Å². The normalized spacial score (nSPS) is 21.8. The zero-order chi connectivity index (χ0) is 19.0. The minimum absolute atomic E-state index is 0.0840. The first-order chi connectivity index (χ1) is 13.1. The van der Waals surface area contributed by atoms with Gasteiger partial charge in [0.25, 0.3) is 0 Å². The summed E-state index contributed by atoms with van der Waals surface area (Å²) in [5.74, 6) is 1.12. The number of anilines is 1. The maximum absolute atomic E-state index is 12.6. The Morgan fingerprint density at radius 2 is 2.00 bits per heavy atom. The van der Waals surface area contributed by atoms with E-state index in [2.05, 4.69) is 48.9 Å². The van der Waals surface area contributed by atoms with Crippen LogP contribution in [-0.2, 0) is 0 Å². The molecule has 2 aliphatic rings. The zero-order valence-electron chi connectivity index (χ0n) is 15.9. The lowest BCUT2D eigenvalue weighted by molar-refractivity contribution is 0.104. The molecule has 2 heterocycles. The number of fused-ring (bicyclic) bond motifs is 1. The van der Waals surface area contributed by atoms with Crippen molar-refractivity contribution in [2.24, 2.45) is 0 Å². The van der Waals surface area contributed by atoms with Crippen LogP contribution >= 0.6 is 22.2 Å². The minimum Gasteiger partial charge on any atom is -0.365 e. The molecule has 3 nitrogen and oxygen atoms in total. The Balaban J connectivity index is 1.67. The van der Waals surface area contributed by atoms with Gasteiger partial charge in [0.05, 0.1) is 23.1 Å². The maximum atomic E-state index is 12.6. The number of rotatable bonds is 3. The van der Waals surface area contributed by atoms with Crippen molar-refractivity contribution >= 4 is 37.9 Å². The molecule has 2 aromatic rings. The molecule has 0 aliphatic carbocycles. The lowest BCUT2D eigenvalue weighted by Gasteiger charge is -2.15. The van der Waals surface area contributed by atoms with Gasteiger partial charge < -0.3 is 9.80 Å². The van der Waals surface area contributed by atoms with E-state index in [9.17, 15) is 4.79 Å². The summed E-state index contributed by atoms with van der Waals surface area (Å²) in [6.45, 7) is 6.15. The standard InChI is InChI=1S/C22H24N2OS2/c1-4-24-14-22(26-21(24)13-19(25)17-8-6-5-7-9-17)27-15-23(3)18-12-16(2)10-11-20(18)27/h5-13H,4,14-15H2,1-3H3. The number of carbonyl (C=O) groups excluding carboxylic acids is 1. The average molecular weight is 397 g/mol. The van der Waals surface area contributed by atoms with Crippen LogP contribution in [0.4, 0.5) is 5.69 Å². The van der Waals surface area contributed by atoms with Crippen molar-refractivity contribution in [3.05, 3.63) is 70.8 Å². The van der Waals surface area contributed by atoms with Gasteiger partial charge in [-0.2, -0.15) is 0 Å². The Morgan fingerprint density at radius 1 is 1.22 bits per heavy atom. The van der Waals surface area contributed by atoms with Gasteiger partial charge >= 0.3 is 0 Å². The average Bonchev–Trinajstić information content (AvgIpc) is 3.23. The Labute approximate surface area is 168 Å². The van der Waals surface area contributed by atoms with E-state index >= 15 is 0 Å². The highest BCUT2D eigenvalue weighted by Crippen LogP contribution is 2.48. The summed E-state index contributed by atoms with van der Waals surface area (Å²) in [4.78, 5) is 18.8. The lowest BCUT2D eigenvalue weighted by Crippen LogP contribution is -2.20. The molecule has 0 bridgehead atoms. The van der Waals surface area contributed by atoms with Gasteiger partial charge in [0.2, 0.25) is 0 Å². The summed E-state index contributed by atoms with van der Waals surface area (Å²) < 4.78 is 1.47. The molecule has 5 heteroatoms. The van der Waals surface area contributed by atoms with E-state index in [0.717, 1.165) is 29.6 Å². The van der Waals surface area contributed by atoms with E-state index in [0.29, 0.717) is 0 Å². The van der Waals surface area contributed by atoms with Crippen molar-refractivity contribution in [1.82, 2.24) is 4.90 Å². The molecule has 1 saturated heterocycles. The van der Waals surface area contributed by atoms with Crippen LogP contribution in [0.15, 0.2) is 64.5 Å². The zero-order valence-corrected chi connectivity index (χ0v) is 17.6. The Kier molecular flexibility index (Phi) is 5.15. The number of aryl methyl sites for hydroxylation is 1. The van der Waals surface area contributed by atoms with E-state index in [4.69, 9.17) is 0 Å². The van der Waals surface area contributed by atoms with E-state index in [1.54, 1.807) is 11.8 Å². The van der Waals surface area contributed by atoms with Crippen LogP contribution in [0.25, 0.3) is 0 Å². The van der Waals surface area contributed by atoms with Gasteiger partial charge in [0.15, 0.2) is 5.78 Å². The van der Waals surface area contributed by atoms with Crippen molar-refractivity contribution in [3.8, 4) is 0 Å². The maximum Gasteiger partial charge on any atom is 0.188 e. The highest BCUT2D eigenvalue weighted by Gasteiger charge is 2.29. The SMILES string of the molecule is CCN1CC(=S2CN(C)c3cc(C)ccc32)SC1=CC(=O)c1ccccc1. The van der Waals surface area contributed by atoms with Gasteiger partial charge in [-0.25, -0.2) is 0 Å². The molecular formula is C22H24N2OS2. The van der Waals surface area contributed by atoms with Gasteiger partial charge in [-0.3, -0.25) is 4.79 Å². The molecule has 0 radical (unpaired) electrons. The molecule has 2 aliphatic heterocycles. The molecule has 0 spiro atoms. The number of nitrogens with zero attached hydrogens (tertiary/aromatic N) is 2. The topological polar surface area (TPSA) is 23.6 Å². The quantitative estimate of drug-likeness (QED) is 0.416. The monoisotopic (exact) mass is 396 g/mol. The predicted molar refractivity (Wildman–Crippen MR) is 119 cm³/mol. The molecule has 0 N–H and O–H groups in total. The smallest absolute Gasteiger partial charge is 0.188 e. The molecule has 0 saturated carbocycles. The summed E-state index contributed by atoms with van der Waals surface area (Å²) in [6.07, 6.45) is 1.82. The first-order valence-electron chi connectivity index (χ1n) is 9.19. The molecular weight excluding hydrogens is 372 g/mol. The van der Waals surface area contributed by atoms with E-state index < -0.39 is 0 Å². The van der Waals surface area contributed by atoms with Crippen LogP contribution in [0.2, 0.25) is 0 Å². The van der Waals surface area contributed by atoms with Crippen LogP contribution in [0.5, 0.6) is 0 Å². The van der Waals surface area contributed by atoms with E-state index in [1.807, 2.05) is 36.4 Å². The van der Waals surface area contributed by atoms with Gasteiger partial charge in [-0.15, -0.1) is 10.5 Å². The third-order valence-corrected chi connectivity index (χ3v) is 8.93. The summed E-state index contributed by atoms with van der Waals surface area (Å²) in [6, 6.07) is 16.3. The lowest BCUT2D eigenvalue weighted by atomic mass is 10.1. The third kappa shape index (κ3) is 3.58. The van der Waals surface area contributed by atoms with Crippen LogP contribution in [0.3, 0.4) is 0 Å². The number of thioether (sulfide) groups is 1. The molecule has 0 amide bonds. The summed E-state index contributed by atoms with van der Waals surface area (Å²) in [5, 5.41) is 1.08. The predicted octanol–water partition coefficient (Wildman–Crippen LogP) is 4.95. The number of ketones is 1. The van der Waals surface area contributed by atoms with Crippen molar-refractivity contribution < 1.29 is 4.79 Å². The fourth-order valence-electron chi connectivity index (χ4n) is 3.42. The molecule has 27 heavy (non-hydrogen) atoms. The molecule has 140 valence electrons. The summed E-state index contributed by atoms with van der Waals surface area (Å²) in [5.41, 5.74) is 3.41. The van der Waals surface area contributed by atoms with Gasteiger partial charge in [-0.05, 0) is 31.5 Å². The van der Waals surface area contributed by atoms with Crippen molar-refractivity contribution in [3.63, 3.8) is 0 Å². The van der Waals surface area contributed by atoms with Gasteiger partial charge in [0.1, 0.15) is 0 Å². The Hall–Kier alpha value is -1.98. The van der Waals surface area contributed by atoms with E-state index in [-0.39, 0.29) is 16.3 Å². The van der Waals surface area contributed by atoms with E-state index in [1.165, 1.54) is 20.3 Å². The van der Waals surface area contributed by atoms with Crippen molar-refractivity contribution in [2.45, 2.75) is 18.7 Å². The fraction of sp³-hybridized carbons (Fsp3) is 0.273. The molecule has 1 fully saturated rings. The number of hydrogen-bond acceptors (Lipinski definition) is 4. The number of benzene rings is 2. The molecule has 0 aromatic heterocycles. The second-order valence-corrected chi connectivity index (χ2v) is 10.2. The van der Waals surface area contributed by atoms with Crippen molar-refractivity contribution in [1.29, 1.82) is 0 Å². The third-order valence-electron chi connectivity index (χ3n) is 4.93. The minimum atomic E-state index is 0.0840. The van der Waals surface area contributed by atoms with Gasteiger partial charge in [-0.1, -0.05) is 48.2 Å². The molecule has 1 unspecified atom stereocenters. The number of allylic oxidation sites excluding steroid dienone is 1. The Bertz CT molecular complexity index is 950. The highest BCUT2D eigenvalue weighted by molar-refractivity contribution is 8.35. The van der Waals surface area contributed by atoms with Crippen LogP contribution in [0, 0.1) is 6.92 Å². The summed E-state index contributed by atoms with van der Waals surface area (Å²) in [7, 11) is 2.27. The first-order valence-corrected chi connectivity index (χ1v) is 11.4. The van der Waals surface area contributed by atoms with Crippen LogP contribution < -0.4 is 4.90 Å². The molecule has 4 rings (SSSR count). The van der Waals surface area contributed by atoms with Crippen LogP contribution in [-0.4, -0.2) is 40.9 Å². The largest absolute Gasteiger partial charge is 0.365 e. The summed E-state index contributed by atoms with van der Waals surface area (Å²) >= 11 is 1.80. The first kappa shape index (κ1) is 18.4.